The number of sulfone groups is 1. The molecule has 21 heavy (non-hydrogen) atoms. The molecule has 1 aromatic rings. The number of hydrogen-bond donors (Lipinski definition) is 1. The van der Waals surface area contributed by atoms with Gasteiger partial charge in [0.15, 0.2) is 9.84 Å². The Hall–Kier alpha value is -0.910. The summed E-state index contributed by atoms with van der Waals surface area (Å²) in [6.07, 6.45) is 2.31. The van der Waals surface area contributed by atoms with Crippen molar-refractivity contribution in [2.24, 2.45) is 0 Å². The van der Waals surface area contributed by atoms with Crippen molar-refractivity contribution in [2.75, 3.05) is 39.0 Å². The maximum Gasteiger partial charge on any atom is 0.156 e. The smallest absolute Gasteiger partial charge is 0.156 e. The zero-order valence-corrected chi connectivity index (χ0v) is 14.0. The van der Waals surface area contributed by atoms with Gasteiger partial charge in [0.2, 0.25) is 0 Å². The van der Waals surface area contributed by atoms with Gasteiger partial charge < -0.3 is 10.2 Å². The summed E-state index contributed by atoms with van der Waals surface area (Å²) < 4.78 is 22.9. The number of hydrogen-bond acceptors (Lipinski definition) is 4. The molecule has 1 heterocycles. The molecule has 1 saturated heterocycles. The molecule has 0 atom stereocenters. The average molecular weight is 310 g/mol. The Kier molecular flexibility index (Phi) is 5.07. The van der Waals surface area contributed by atoms with Gasteiger partial charge in [-0.15, -0.1) is 0 Å². The van der Waals surface area contributed by atoms with Crippen molar-refractivity contribution in [1.82, 2.24) is 10.2 Å². The SMILES string of the molecule is CC(C)(c1ccc(CCN2CCNCC2)cc1)S(C)(=O)=O. The lowest BCUT2D eigenvalue weighted by Gasteiger charge is -2.27. The Bertz CT molecular complexity index is 558. The lowest BCUT2D eigenvalue weighted by molar-refractivity contribution is 0.244. The van der Waals surface area contributed by atoms with Crippen LogP contribution in [0.3, 0.4) is 0 Å². The normalized spacial score (nSPS) is 17.9. The largest absolute Gasteiger partial charge is 0.314 e. The van der Waals surface area contributed by atoms with E-state index in [0.29, 0.717) is 0 Å². The van der Waals surface area contributed by atoms with Gasteiger partial charge in [-0.2, -0.15) is 0 Å². The van der Waals surface area contributed by atoms with Gasteiger partial charge in [0.1, 0.15) is 0 Å². The van der Waals surface area contributed by atoms with E-state index in [4.69, 9.17) is 0 Å². The molecule has 5 heteroatoms. The minimum atomic E-state index is -3.11. The molecule has 4 nitrogen and oxygen atoms in total. The van der Waals surface area contributed by atoms with Crippen LogP contribution in [-0.2, 0) is 21.0 Å². The third-order valence-corrected chi connectivity index (χ3v) is 6.59. The van der Waals surface area contributed by atoms with Gasteiger partial charge in [-0.25, -0.2) is 8.42 Å². The van der Waals surface area contributed by atoms with Crippen molar-refractivity contribution in [3.05, 3.63) is 35.4 Å². The first-order chi connectivity index (χ1) is 9.80. The summed E-state index contributed by atoms with van der Waals surface area (Å²) in [5.41, 5.74) is 2.12. The zero-order chi connectivity index (χ0) is 15.5. The van der Waals surface area contributed by atoms with E-state index in [1.165, 1.54) is 11.8 Å². The summed E-state index contributed by atoms with van der Waals surface area (Å²) in [5.74, 6) is 0. The summed E-state index contributed by atoms with van der Waals surface area (Å²) in [6, 6.07) is 8.03. The summed E-state index contributed by atoms with van der Waals surface area (Å²) in [4.78, 5) is 2.46. The van der Waals surface area contributed by atoms with E-state index in [-0.39, 0.29) is 0 Å². The molecule has 0 radical (unpaired) electrons. The van der Waals surface area contributed by atoms with Crippen LogP contribution in [-0.4, -0.2) is 52.3 Å². The third-order valence-electron chi connectivity index (χ3n) is 4.50. The summed E-state index contributed by atoms with van der Waals surface area (Å²) in [7, 11) is -3.11. The molecule has 0 aromatic heterocycles. The highest BCUT2D eigenvalue weighted by molar-refractivity contribution is 7.91. The lowest BCUT2D eigenvalue weighted by Crippen LogP contribution is -2.44. The summed E-state index contributed by atoms with van der Waals surface area (Å²) >= 11 is 0. The molecule has 1 N–H and O–H groups in total. The van der Waals surface area contributed by atoms with Crippen LogP contribution in [0, 0.1) is 0 Å². The highest BCUT2D eigenvalue weighted by Gasteiger charge is 2.31. The van der Waals surface area contributed by atoms with Crippen molar-refractivity contribution in [3.8, 4) is 0 Å². The van der Waals surface area contributed by atoms with E-state index in [2.05, 4.69) is 22.3 Å². The fraction of sp³-hybridized carbons (Fsp3) is 0.625. The standard InChI is InChI=1S/C16H26N2O2S/c1-16(2,21(3,19)20)15-6-4-14(5-7-15)8-11-18-12-9-17-10-13-18/h4-7,17H,8-13H2,1-3H3. The molecule has 0 bridgehead atoms. The number of piperazine rings is 1. The third kappa shape index (κ3) is 4.05. The molecule has 1 fully saturated rings. The number of nitrogens with one attached hydrogen (secondary N) is 1. The molecular formula is C16H26N2O2S. The first-order valence-corrected chi connectivity index (χ1v) is 9.42. The second-order valence-electron chi connectivity index (χ2n) is 6.32. The Labute approximate surface area is 128 Å². The van der Waals surface area contributed by atoms with E-state index < -0.39 is 14.6 Å². The van der Waals surface area contributed by atoms with Gasteiger partial charge in [-0.3, -0.25) is 0 Å². The summed E-state index contributed by atoms with van der Waals surface area (Å²) in [5, 5.41) is 3.35. The van der Waals surface area contributed by atoms with Gasteiger partial charge in [-0.05, 0) is 31.4 Å². The maximum atomic E-state index is 11.9. The number of rotatable bonds is 5. The predicted molar refractivity (Wildman–Crippen MR) is 87.3 cm³/mol. The molecule has 0 saturated carbocycles. The molecule has 0 spiro atoms. The van der Waals surface area contributed by atoms with Crippen LogP contribution >= 0.6 is 0 Å². The molecule has 118 valence electrons. The molecule has 0 unspecified atom stereocenters. The van der Waals surface area contributed by atoms with E-state index in [1.807, 2.05) is 12.1 Å². The van der Waals surface area contributed by atoms with E-state index in [9.17, 15) is 8.42 Å². The minimum absolute atomic E-state index is 0.829. The second-order valence-corrected chi connectivity index (χ2v) is 8.89. The molecular weight excluding hydrogens is 284 g/mol. The molecule has 1 aliphatic rings. The summed E-state index contributed by atoms with van der Waals surface area (Å²) in [6.45, 7) is 8.95. The Morgan fingerprint density at radius 1 is 1.14 bits per heavy atom. The van der Waals surface area contributed by atoms with Gasteiger partial charge in [0.25, 0.3) is 0 Å². The fourth-order valence-electron chi connectivity index (χ4n) is 2.51. The van der Waals surface area contributed by atoms with Gasteiger partial charge in [0, 0.05) is 39.0 Å². The van der Waals surface area contributed by atoms with Crippen LogP contribution in [0.1, 0.15) is 25.0 Å². The Morgan fingerprint density at radius 2 is 1.71 bits per heavy atom. The van der Waals surface area contributed by atoms with Crippen LogP contribution in [0.15, 0.2) is 24.3 Å². The van der Waals surface area contributed by atoms with Gasteiger partial charge >= 0.3 is 0 Å². The maximum absolute atomic E-state index is 11.9. The van der Waals surface area contributed by atoms with Crippen LogP contribution in [0.25, 0.3) is 0 Å². The van der Waals surface area contributed by atoms with Gasteiger partial charge in [-0.1, -0.05) is 24.3 Å². The van der Waals surface area contributed by atoms with Crippen LogP contribution < -0.4 is 5.32 Å². The molecule has 0 amide bonds. The predicted octanol–water partition coefficient (Wildman–Crippen LogP) is 1.41. The Balaban J connectivity index is 1.99. The minimum Gasteiger partial charge on any atom is -0.314 e. The van der Waals surface area contributed by atoms with Crippen molar-refractivity contribution < 1.29 is 8.42 Å². The average Bonchev–Trinajstić information content (AvgIpc) is 2.45. The van der Waals surface area contributed by atoms with E-state index >= 15 is 0 Å². The van der Waals surface area contributed by atoms with Crippen LogP contribution in [0.5, 0.6) is 0 Å². The second kappa shape index (κ2) is 6.46. The number of nitrogens with zero attached hydrogens (tertiary/aromatic N) is 1. The zero-order valence-electron chi connectivity index (χ0n) is 13.2. The highest BCUT2D eigenvalue weighted by Crippen LogP contribution is 2.28. The molecule has 1 aliphatic heterocycles. The van der Waals surface area contributed by atoms with Gasteiger partial charge in [0.05, 0.1) is 4.75 Å². The van der Waals surface area contributed by atoms with E-state index in [0.717, 1.165) is 44.7 Å². The van der Waals surface area contributed by atoms with Crippen LogP contribution in [0.2, 0.25) is 0 Å². The quantitative estimate of drug-likeness (QED) is 0.893. The first-order valence-electron chi connectivity index (χ1n) is 7.53. The topological polar surface area (TPSA) is 49.4 Å². The van der Waals surface area contributed by atoms with Crippen molar-refractivity contribution in [1.29, 1.82) is 0 Å². The van der Waals surface area contributed by atoms with Crippen molar-refractivity contribution >= 4 is 9.84 Å². The molecule has 2 rings (SSSR count). The Morgan fingerprint density at radius 3 is 2.24 bits per heavy atom. The molecule has 1 aromatic carbocycles. The molecule has 0 aliphatic carbocycles. The first kappa shape index (κ1) is 16.5. The number of benzene rings is 1. The van der Waals surface area contributed by atoms with Crippen molar-refractivity contribution in [2.45, 2.75) is 25.0 Å². The highest BCUT2D eigenvalue weighted by atomic mass is 32.2. The van der Waals surface area contributed by atoms with Crippen LogP contribution in [0.4, 0.5) is 0 Å². The lowest BCUT2D eigenvalue weighted by atomic mass is 10.00. The monoisotopic (exact) mass is 310 g/mol. The van der Waals surface area contributed by atoms with E-state index in [1.54, 1.807) is 13.8 Å². The van der Waals surface area contributed by atoms with Crippen molar-refractivity contribution in [3.63, 3.8) is 0 Å². The fourth-order valence-corrected chi connectivity index (χ4v) is 3.07.